The van der Waals surface area contributed by atoms with Crippen molar-refractivity contribution in [2.24, 2.45) is 5.92 Å². The molecule has 0 N–H and O–H groups in total. The summed E-state index contributed by atoms with van der Waals surface area (Å²) in [7, 11) is 5.53. The van der Waals surface area contributed by atoms with Gasteiger partial charge in [-0.15, -0.1) is 0 Å². The number of rotatable bonds is 2. The zero-order valence-corrected chi connectivity index (χ0v) is 14.9. The molecule has 0 radical (unpaired) electrons. The van der Waals surface area contributed by atoms with Gasteiger partial charge in [-0.25, -0.2) is 0 Å². The van der Waals surface area contributed by atoms with Crippen LogP contribution in [0.5, 0.6) is 5.75 Å². The van der Waals surface area contributed by atoms with Crippen molar-refractivity contribution in [2.75, 3.05) is 27.8 Å². The van der Waals surface area contributed by atoms with Gasteiger partial charge in [0.2, 0.25) is 0 Å². The Balaban J connectivity index is 1.97. The number of hydrogen-bond acceptors (Lipinski definition) is 4. The van der Waals surface area contributed by atoms with Crippen molar-refractivity contribution in [1.29, 1.82) is 0 Å². The minimum atomic E-state index is -0.109. The highest BCUT2D eigenvalue weighted by Gasteiger charge is 2.55. The third-order valence-electron chi connectivity index (χ3n) is 6.48. The molecule has 0 saturated carbocycles. The lowest BCUT2D eigenvalue weighted by Crippen LogP contribution is -2.60. The van der Waals surface area contributed by atoms with Crippen LogP contribution in [0.1, 0.15) is 29.5 Å². The van der Waals surface area contributed by atoms with E-state index in [1.165, 1.54) is 16.7 Å². The van der Waals surface area contributed by atoms with Gasteiger partial charge in [0, 0.05) is 23.8 Å². The zero-order valence-electron chi connectivity index (χ0n) is 14.9. The summed E-state index contributed by atoms with van der Waals surface area (Å²) >= 11 is 0. The summed E-state index contributed by atoms with van der Waals surface area (Å²) in [5.74, 6) is 1.92. The van der Waals surface area contributed by atoms with Crippen molar-refractivity contribution in [1.82, 2.24) is 4.90 Å². The number of likely N-dealkylation sites (tertiary alicyclic amines) is 1. The number of carbonyl (C=O) groups excluding carboxylic acids is 1. The smallest absolute Gasteiger partial charge is 0.197 e. The maximum absolute atomic E-state index is 12.7. The molecule has 2 bridgehead atoms. The number of nitrogens with zero attached hydrogens (tertiary/aromatic N) is 1. The first-order chi connectivity index (χ1) is 11.5. The summed E-state index contributed by atoms with van der Waals surface area (Å²) in [5, 5.41) is 0. The van der Waals surface area contributed by atoms with E-state index >= 15 is 0 Å². The van der Waals surface area contributed by atoms with Crippen LogP contribution in [0.15, 0.2) is 24.0 Å². The lowest BCUT2D eigenvalue weighted by atomic mass is 9.53. The molecule has 128 valence electrons. The number of methoxy groups -OCH3 is 2. The normalized spacial score (nSPS) is 31.8. The first kappa shape index (κ1) is 15.7. The third kappa shape index (κ3) is 1.92. The van der Waals surface area contributed by atoms with Gasteiger partial charge < -0.3 is 14.4 Å². The van der Waals surface area contributed by atoms with Crippen molar-refractivity contribution >= 4 is 5.78 Å². The molecule has 1 aromatic rings. The predicted molar refractivity (Wildman–Crippen MR) is 92.4 cm³/mol. The fourth-order valence-electron chi connectivity index (χ4n) is 5.36. The summed E-state index contributed by atoms with van der Waals surface area (Å²) in [4.78, 5) is 15.1. The van der Waals surface area contributed by atoms with E-state index in [1.807, 2.05) is 0 Å². The number of fused-ring (bicyclic) bond motifs is 1. The predicted octanol–water partition coefficient (Wildman–Crippen LogP) is 2.62. The number of hydrogen-bond donors (Lipinski definition) is 0. The van der Waals surface area contributed by atoms with E-state index in [2.05, 4.69) is 37.1 Å². The van der Waals surface area contributed by atoms with E-state index in [0.717, 1.165) is 25.1 Å². The van der Waals surface area contributed by atoms with Crippen LogP contribution in [0.4, 0.5) is 0 Å². The molecule has 1 saturated heterocycles. The maximum Gasteiger partial charge on any atom is 0.197 e. The Bertz CT molecular complexity index is 739. The van der Waals surface area contributed by atoms with E-state index in [0.29, 0.717) is 24.1 Å². The number of Topliss-reactive ketones (excluding diaryl/α,β-unsaturated/α-hetero) is 1. The Kier molecular flexibility index (Phi) is 3.50. The molecule has 2 aliphatic carbocycles. The van der Waals surface area contributed by atoms with Crippen LogP contribution in [0, 0.1) is 12.8 Å². The summed E-state index contributed by atoms with van der Waals surface area (Å²) in [6, 6.07) is 4.70. The first-order valence-electron chi connectivity index (χ1n) is 8.68. The molecular weight excluding hydrogens is 302 g/mol. The fraction of sp³-hybridized carbons (Fsp3) is 0.550. The van der Waals surface area contributed by atoms with E-state index in [1.54, 1.807) is 14.2 Å². The molecule has 1 heterocycles. The molecule has 0 aromatic heterocycles. The number of carbonyl (C=O) groups is 1. The van der Waals surface area contributed by atoms with Crippen LogP contribution in [0.2, 0.25) is 0 Å². The molecule has 3 aliphatic rings. The number of ketones is 1. The van der Waals surface area contributed by atoms with E-state index in [4.69, 9.17) is 9.47 Å². The van der Waals surface area contributed by atoms with Gasteiger partial charge in [-0.05, 0) is 62.2 Å². The molecule has 4 heteroatoms. The molecule has 2 unspecified atom stereocenters. The Labute approximate surface area is 143 Å². The Morgan fingerprint density at radius 2 is 2.04 bits per heavy atom. The topological polar surface area (TPSA) is 38.8 Å². The summed E-state index contributed by atoms with van der Waals surface area (Å²) in [6.07, 6.45) is 4.67. The van der Waals surface area contributed by atoms with Crippen LogP contribution in [0.25, 0.3) is 0 Å². The van der Waals surface area contributed by atoms with E-state index < -0.39 is 0 Å². The number of ether oxygens (including phenoxy) is 2. The molecule has 24 heavy (non-hydrogen) atoms. The molecule has 1 aliphatic heterocycles. The highest BCUT2D eigenvalue weighted by atomic mass is 16.5. The van der Waals surface area contributed by atoms with Gasteiger partial charge in [-0.3, -0.25) is 4.79 Å². The largest absolute Gasteiger partial charge is 0.496 e. The van der Waals surface area contributed by atoms with Gasteiger partial charge >= 0.3 is 0 Å². The Morgan fingerprint density at radius 3 is 2.75 bits per heavy atom. The Hall–Kier alpha value is -1.81. The van der Waals surface area contributed by atoms with Crippen LogP contribution >= 0.6 is 0 Å². The first-order valence-corrected chi connectivity index (χ1v) is 8.68. The van der Waals surface area contributed by atoms with Gasteiger partial charge in [0.05, 0.1) is 14.2 Å². The minimum Gasteiger partial charge on any atom is -0.496 e. The molecule has 4 nitrogen and oxygen atoms in total. The van der Waals surface area contributed by atoms with Gasteiger partial charge in [-0.2, -0.15) is 0 Å². The SMILES string of the molecule is COC1=CC2C3Cc4ccc(OC)c(C)c4[C@]2(CCN3C)CC1=O. The van der Waals surface area contributed by atoms with E-state index in [-0.39, 0.29) is 11.2 Å². The van der Waals surface area contributed by atoms with Gasteiger partial charge in [0.15, 0.2) is 11.5 Å². The van der Waals surface area contributed by atoms with Gasteiger partial charge in [0.25, 0.3) is 0 Å². The summed E-state index contributed by atoms with van der Waals surface area (Å²) in [5.41, 5.74) is 3.83. The lowest BCUT2D eigenvalue weighted by molar-refractivity contribution is -0.122. The minimum absolute atomic E-state index is 0.109. The number of likely N-dealkylation sites (N-methyl/N-ethyl adjacent to an activating group) is 1. The van der Waals surface area contributed by atoms with Crippen molar-refractivity contribution in [3.8, 4) is 5.75 Å². The summed E-state index contributed by atoms with van der Waals surface area (Å²) < 4.78 is 11.0. The van der Waals surface area contributed by atoms with Crippen LogP contribution < -0.4 is 4.74 Å². The number of benzene rings is 1. The standard InChI is InChI=1S/C20H25NO3/c1-12-17(23-3)6-5-13-9-15-14-10-18(24-4)16(22)11-20(14,19(12)13)7-8-21(15)2/h5-6,10,14-15H,7-9,11H2,1-4H3/t14?,15?,20-/m1/s1. The molecule has 0 amide bonds. The van der Waals surface area contributed by atoms with Crippen LogP contribution in [0.3, 0.4) is 0 Å². The average molecular weight is 327 g/mol. The quantitative estimate of drug-likeness (QED) is 0.837. The van der Waals surface area contributed by atoms with Crippen LogP contribution in [-0.4, -0.2) is 44.5 Å². The second-order valence-corrected chi connectivity index (χ2v) is 7.45. The maximum atomic E-state index is 12.7. The molecular formula is C20H25NO3. The average Bonchev–Trinajstić information content (AvgIpc) is 2.57. The molecule has 1 aromatic carbocycles. The zero-order chi connectivity index (χ0) is 17.1. The summed E-state index contributed by atoms with van der Waals surface area (Å²) in [6.45, 7) is 3.17. The third-order valence-corrected chi connectivity index (χ3v) is 6.48. The lowest BCUT2D eigenvalue weighted by Gasteiger charge is -2.57. The van der Waals surface area contributed by atoms with Crippen molar-refractivity contribution in [3.05, 3.63) is 40.7 Å². The molecule has 3 atom stereocenters. The molecule has 1 fully saturated rings. The van der Waals surface area contributed by atoms with Gasteiger partial charge in [0.1, 0.15) is 5.75 Å². The number of allylic oxidation sites excluding steroid dienone is 1. The second kappa shape index (κ2) is 5.35. The molecule has 4 rings (SSSR count). The highest BCUT2D eigenvalue weighted by Crippen LogP contribution is 2.55. The second-order valence-electron chi connectivity index (χ2n) is 7.45. The van der Waals surface area contributed by atoms with Crippen molar-refractivity contribution in [2.45, 2.75) is 37.6 Å². The Morgan fingerprint density at radius 1 is 1.25 bits per heavy atom. The van der Waals surface area contributed by atoms with Gasteiger partial charge in [-0.1, -0.05) is 6.07 Å². The van der Waals surface area contributed by atoms with Crippen molar-refractivity contribution in [3.63, 3.8) is 0 Å². The fourth-order valence-corrected chi connectivity index (χ4v) is 5.36. The van der Waals surface area contributed by atoms with Crippen molar-refractivity contribution < 1.29 is 14.3 Å². The highest BCUT2D eigenvalue weighted by molar-refractivity contribution is 5.96. The number of piperidine rings is 1. The molecule has 0 spiro atoms. The monoisotopic (exact) mass is 327 g/mol. The van der Waals surface area contributed by atoms with E-state index in [9.17, 15) is 4.79 Å². The van der Waals surface area contributed by atoms with Crippen LogP contribution in [-0.2, 0) is 21.4 Å².